The fraction of sp³-hybridized carbons (Fsp3) is 0.867. The lowest BCUT2D eigenvalue weighted by atomic mass is 10.0. The molecule has 2 saturated heterocycles. The van der Waals surface area contributed by atoms with Crippen LogP contribution in [-0.2, 0) is 9.59 Å². The first kappa shape index (κ1) is 14.8. The van der Waals surface area contributed by atoms with Crippen LogP contribution in [0.2, 0.25) is 0 Å². The zero-order valence-electron chi connectivity index (χ0n) is 12.8. The van der Waals surface area contributed by atoms with Crippen LogP contribution in [0.4, 0.5) is 0 Å². The van der Waals surface area contributed by atoms with Crippen LogP contribution in [0.3, 0.4) is 0 Å². The van der Waals surface area contributed by atoms with E-state index in [0.29, 0.717) is 24.4 Å². The van der Waals surface area contributed by atoms with E-state index in [1.54, 1.807) is 11.8 Å². The molecule has 0 aromatic rings. The van der Waals surface area contributed by atoms with Gasteiger partial charge in [-0.2, -0.15) is 0 Å². The topological polar surface area (TPSA) is 78.7 Å². The second kappa shape index (κ2) is 5.93. The van der Waals surface area contributed by atoms with Gasteiger partial charge in [-0.05, 0) is 37.5 Å². The van der Waals surface area contributed by atoms with E-state index in [1.165, 1.54) is 0 Å². The summed E-state index contributed by atoms with van der Waals surface area (Å²) in [4.78, 5) is 27.3. The highest BCUT2D eigenvalue weighted by atomic mass is 16.2. The van der Waals surface area contributed by atoms with Crippen LogP contribution in [0.5, 0.6) is 0 Å². The summed E-state index contributed by atoms with van der Waals surface area (Å²) >= 11 is 0. The first-order valence-electron chi connectivity index (χ1n) is 8.08. The molecule has 3 N–H and O–H groups in total. The molecule has 6 heteroatoms. The van der Waals surface area contributed by atoms with Crippen LogP contribution in [0.25, 0.3) is 0 Å². The standard InChI is InChI=1S/C15H26N4O2/c1-10(20)18-8-11-5-13(6-12(11)9-18)17-7-15(21)19-4-2-3-14(19)16/h11-14,17H,2-9,16H2,1H3/t11-,12+,13?,14-/m0/s1. The lowest BCUT2D eigenvalue weighted by Gasteiger charge is -2.23. The van der Waals surface area contributed by atoms with Crippen LogP contribution in [0, 0.1) is 11.8 Å². The number of nitrogens with two attached hydrogens (primary N) is 1. The maximum absolute atomic E-state index is 12.1. The number of fused-ring (bicyclic) bond motifs is 1. The van der Waals surface area contributed by atoms with Crippen molar-refractivity contribution in [1.82, 2.24) is 15.1 Å². The number of hydrogen-bond acceptors (Lipinski definition) is 4. The zero-order valence-corrected chi connectivity index (χ0v) is 12.8. The predicted octanol–water partition coefficient (Wildman–Crippen LogP) is -0.260. The third kappa shape index (κ3) is 3.06. The van der Waals surface area contributed by atoms with Gasteiger partial charge in [0.05, 0.1) is 12.7 Å². The van der Waals surface area contributed by atoms with Gasteiger partial charge in [-0.3, -0.25) is 9.59 Å². The molecule has 2 aliphatic heterocycles. The van der Waals surface area contributed by atoms with Crippen LogP contribution in [0.15, 0.2) is 0 Å². The Morgan fingerprint density at radius 3 is 2.43 bits per heavy atom. The monoisotopic (exact) mass is 294 g/mol. The van der Waals surface area contributed by atoms with Gasteiger partial charge in [0.15, 0.2) is 0 Å². The molecule has 4 atom stereocenters. The highest BCUT2D eigenvalue weighted by Gasteiger charge is 2.41. The van der Waals surface area contributed by atoms with Crippen molar-refractivity contribution in [3.8, 4) is 0 Å². The largest absolute Gasteiger partial charge is 0.342 e. The highest BCUT2D eigenvalue weighted by molar-refractivity contribution is 5.78. The summed E-state index contributed by atoms with van der Waals surface area (Å²) in [6.45, 7) is 4.63. The molecule has 3 aliphatic rings. The molecule has 2 heterocycles. The minimum absolute atomic E-state index is 0.0913. The lowest BCUT2D eigenvalue weighted by molar-refractivity contribution is -0.131. The molecule has 3 rings (SSSR count). The molecular weight excluding hydrogens is 268 g/mol. The van der Waals surface area contributed by atoms with E-state index in [-0.39, 0.29) is 18.0 Å². The fourth-order valence-corrected chi connectivity index (χ4v) is 4.16. The van der Waals surface area contributed by atoms with Crippen molar-refractivity contribution in [3.63, 3.8) is 0 Å². The molecule has 6 nitrogen and oxygen atoms in total. The Morgan fingerprint density at radius 2 is 1.90 bits per heavy atom. The van der Waals surface area contributed by atoms with E-state index >= 15 is 0 Å². The van der Waals surface area contributed by atoms with Crippen molar-refractivity contribution in [1.29, 1.82) is 0 Å². The summed E-state index contributed by atoms with van der Waals surface area (Å²) in [5.41, 5.74) is 5.92. The van der Waals surface area contributed by atoms with Crippen LogP contribution in [0.1, 0.15) is 32.6 Å². The summed E-state index contributed by atoms with van der Waals surface area (Å²) in [6.07, 6.45) is 4.00. The number of carbonyl (C=O) groups excluding carboxylic acids is 2. The Labute approximate surface area is 126 Å². The maximum atomic E-state index is 12.1. The summed E-state index contributed by atoms with van der Waals surface area (Å²) < 4.78 is 0. The molecule has 118 valence electrons. The van der Waals surface area contributed by atoms with E-state index in [1.807, 2.05) is 4.90 Å². The number of rotatable bonds is 3. The van der Waals surface area contributed by atoms with Crippen LogP contribution < -0.4 is 11.1 Å². The number of nitrogens with zero attached hydrogens (tertiary/aromatic N) is 2. The maximum Gasteiger partial charge on any atom is 0.237 e. The number of nitrogens with one attached hydrogen (secondary N) is 1. The van der Waals surface area contributed by atoms with Gasteiger partial charge in [-0.25, -0.2) is 0 Å². The quantitative estimate of drug-likeness (QED) is 0.752. The first-order chi connectivity index (χ1) is 10.0. The smallest absolute Gasteiger partial charge is 0.237 e. The molecular formula is C15H26N4O2. The molecule has 1 aliphatic carbocycles. The molecule has 0 radical (unpaired) electrons. The van der Waals surface area contributed by atoms with Gasteiger partial charge in [-0.1, -0.05) is 0 Å². The fourth-order valence-electron chi connectivity index (χ4n) is 4.16. The number of carbonyl (C=O) groups is 2. The Morgan fingerprint density at radius 1 is 1.24 bits per heavy atom. The number of likely N-dealkylation sites (tertiary alicyclic amines) is 2. The Balaban J connectivity index is 1.42. The number of hydrogen-bond donors (Lipinski definition) is 2. The molecule has 0 aromatic carbocycles. The van der Waals surface area contributed by atoms with E-state index in [4.69, 9.17) is 5.73 Å². The average Bonchev–Trinajstić information content (AvgIpc) is 3.09. The van der Waals surface area contributed by atoms with Gasteiger partial charge in [0.1, 0.15) is 0 Å². The molecule has 3 fully saturated rings. The SMILES string of the molecule is CC(=O)N1C[C@H]2CC(NCC(=O)N3CCC[C@H]3N)C[C@H]2C1. The van der Waals surface area contributed by atoms with Crippen molar-refractivity contribution >= 4 is 11.8 Å². The van der Waals surface area contributed by atoms with Gasteiger partial charge in [-0.15, -0.1) is 0 Å². The van der Waals surface area contributed by atoms with Crippen molar-refractivity contribution in [2.45, 2.75) is 44.8 Å². The lowest BCUT2D eigenvalue weighted by Crippen LogP contribution is -2.46. The minimum atomic E-state index is -0.0913. The zero-order chi connectivity index (χ0) is 15.0. The molecule has 2 amide bonds. The van der Waals surface area contributed by atoms with Gasteiger partial charge < -0.3 is 20.9 Å². The van der Waals surface area contributed by atoms with E-state index in [0.717, 1.165) is 45.3 Å². The molecule has 1 saturated carbocycles. The Hall–Kier alpha value is -1.14. The van der Waals surface area contributed by atoms with E-state index in [9.17, 15) is 9.59 Å². The third-order valence-corrected chi connectivity index (χ3v) is 5.36. The van der Waals surface area contributed by atoms with Crippen LogP contribution in [-0.4, -0.2) is 60.0 Å². The number of amides is 2. The second-order valence-electron chi connectivity index (χ2n) is 6.79. The van der Waals surface area contributed by atoms with Gasteiger partial charge in [0, 0.05) is 32.6 Å². The molecule has 0 aromatic heterocycles. The van der Waals surface area contributed by atoms with Crippen molar-refractivity contribution in [2.24, 2.45) is 17.6 Å². The van der Waals surface area contributed by atoms with Gasteiger partial charge in [0.25, 0.3) is 0 Å². The normalized spacial score (nSPS) is 35.3. The van der Waals surface area contributed by atoms with Crippen molar-refractivity contribution in [3.05, 3.63) is 0 Å². The van der Waals surface area contributed by atoms with Crippen molar-refractivity contribution < 1.29 is 9.59 Å². The predicted molar refractivity (Wildman–Crippen MR) is 79.2 cm³/mol. The van der Waals surface area contributed by atoms with Crippen molar-refractivity contribution in [2.75, 3.05) is 26.2 Å². The highest BCUT2D eigenvalue weighted by Crippen LogP contribution is 2.38. The van der Waals surface area contributed by atoms with Gasteiger partial charge >= 0.3 is 0 Å². The molecule has 0 spiro atoms. The van der Waals surface area contributed by atoms with E-state index < -0.39 is 0 Å². The summed E-state index contributed by atoms with van der Waals surface area (Å²) in [7, 11) is 0. The van der Waals surface area contributed by atoms with Gasteiger partial charge in [0.2, 0.25) is 11.8 Å². The van der Waals surface area contributed by atoms with Crippen LogP contribution >= 0.6 is 0 Å². The summed E-state index contributed by atoms with van der Waals surface area (Å²) in [5, 5.41) is 3.40. The minimum Gasteiger partial charge on any atom is -0.342 e. The second-order valence-corrected chi connectivity index (χ2v) is 6.79. The first-order valence-corrected chi connectivity index (χ1v) is 8.08. The summed E-state index contributed by atoms with van der Waals surface area (Å²) in [5.74, 6) is 1.53. The molecule has 21 heavy (non-hydrogen) atoms. The third-order valence-electron chi connectivity index (χ3n) is 5.36. The van der Waals surface area contributed by atoms with E-state index in [2.05, 4.69) is 5.32 Å². The summed E-state index contributed by atoms with van der Waals surface area (Å²) in [6, 6.07) is 0.414. The molecule has 0 bridgehead atoms. The Bertz CT molecular complexity index is 414. The Kier molecular flexibility index (Phi) is 4.17. The average molecular weight is 294 g/mol. The molecule has 1 unspecified atom stereocenters.